The van der Waals surface area contributed by atoms with E-state index < -0.39 is 15.8 Å². The number of hydrogen-bond donors (Lipinski definition) is 1. The van der Waals surface area contributed by atoms with Crippen LogP contribution in [0.1, 0.15) is 25.8 Å². The van der Waals surface area contributed by atoms with Crippen molar-refractivity contribution in [2.75, 3.05) is 0 Å². The molecule has 0 radical (unpaired) electrons. The highest BCUT2D eigenvalue weighted by Crippen LogP contribution is 2.42. The molecule has 1 aromatic carbocycles. The van der Waals surface area contributed by atoms with E-state index in [2.05, 4.69) is 0 Å². The number of nitrogens with two attached hydrogens (primary N) is 1. The highest BCUT2D eigenvalue weighted by Gasteiger charge is 2.36. The standard InChI is InChI=1S/C11H15NO4S/c1-4-11(3)15-8-5-7(2)10(17(12,13)14)6-9(8)16-11/h5-6H,4H2,1-3H3,(H2,12,13,14). The number of hydrogen-bond acceptors (Lipinski definition) is 4. The zero-order chi connectivity index (χ0) is 12.8. The van der Waals surface area contributed by atoms with Crippen molar-refractivity contribution in [1.82, 2.24) is 0 Å². The molecule has 0 spiro atoms. The van der Waals surface area contributed by atoms with E-state index in [-0.39, 0.29) is 4.90 Å². The van der Waals surface area contributed by atoms with Crippen molar-refractivity contribution >= 4 is 10.0 Å². The monoisotopic (exact) mass is 257 g/mol. The first-order valence-corrected chi connectivity index (χ1v) is 6.85. The maximum absolute atomic E-state index is 11.4. The van der Waals surface area contributed by atoms with Gasteiger partial charge in [-0.25, -0.2) is 13.6 Å². The minimum Gasteiger partial charge on any atom is -0.449 e. The summed E-state index contributed by atoms with van der Waals surface area (Å²) in [6.07, 6.45) is 0.658. The van der Waals surface area contributed by atoms with Gasteiger partial charge in [0.25, 0.3) is 0 Å². The molecule has 2 rings (SSSR count). The van der Waals surface area contributed by atoms with E-state index in [4.69, 9.17) is 14.6 Å². The fourth-order valence-corrected chi connectivity index (χ4v) is 2.52. The van der Waals surface area contributed by atoms with Gasteiger partial charge in [0.15, 0.2) is 11.5 Å². The molecule has 1 unspecified atom stereocenters. The van der Waals surface area contributed by atoms with Gasteiger partial charge >= 0.3 is 0 Å². The van der Waals surface area contributed by atoms with E-state index in [1.165, 1.54) is 6.07 Å². The normalized spacial score (nSPS) is 22.8. The molecular formula is C11H15NO4S. The van der Waals surface area contributed by atoms with Crippen molar-refractivity contribution in [3.8, 4) is 11.5 Å². The van der Waals surface area contributed by atoms with Crippen LogP contribution in [0.2, 0.25) is 0 Å². The molecule has 17 heavy (non-hydrogen) atoms. The number of rotatable bonds is 2. The maximum atomic E-state index is 11.4. The topological polar surface area (TPSA) is 78.6 Å². The minimum absolute atomic E-state index is 0.0696. The maximum Gasteiger partial charge on any atom is 0.248 e. The van der Waals surface area contributed by atoms with Crippen LogP contribution in [0.5, 0.6) is 11.5 Å². The molecule has 0 saturated heterocycles. The molecule has 1 heterocycles. The van der Waals surface area contributed by atoms with Gasteiger partial charge in [-0.1, -0.05) is 6.92 Å². The number of fused-ring (bicyclic) bond motifs is 1. The van der Waals surface area contributed by atoms with Gasteiger partial charge in [0.2, 0.25) is 15.8 Å². The number of sulfonamides is 1. The molecule has 1 atom stereocenters. The van der Waals surface area contributed by atoms with Gasteiger partial charge < -0.3 is 9.47 Å². The van der Waals surface area contributed by atoms with Crippen molar-refractivity contribution < 1.29 is 17.9 Å². The molecule has 5 nitrogen and oxygen atoms in total. The summed E-state index contributed by atoms with van der Waals surface area (Å²) in [6.45, 7) is 5.41. The lowest BCUT2D eigenvalue weighted by Gasteiger charge is -2.20. The average molecular weight is 257 g/mol. The lowest BCUT2D eigenvalue weighted by molar-refractivity contribution is -0.0640. The van der Waals surface area contributed by atoms with Gasteiger partial charge in [0.1, 0.15) is 0 Å². The largest absolute Gasteiger partial charge is 0.449 e. The third-order valence-electron chi connectivity index (χ3n) is 2.84. The van der Waals surface area contributed by atoms with Gasteiger partial charge in [-0.15, -0.1) is 0 Å². The summed E-state index contributed by atoms with van der Waals surface area (Å²) in [6, 6.07) is 3.05. The van der Waals surface area contributed by atoms with E-state index in [1.54, 1.807) is 19.9 Å². The Morgan fingerprint density at radius 3 is 2.29 bits per heavy atom. The number of aryl methyl sites for hydroxylation is 1. The van der Waals surface area contributed by atoms with Crippen molar-refractivity contribution in [3.63, 3.8) is 0 Å². The Morgan fingerprint density at radius 2 is 1.82 bits per heavy atom. The first-order chi connectivity index (χ1) is 7.75. The SMILES string of the molecule is CCC1(C)Oc2cc(C)c(S(N)(=O)=O)cc2O1. The summed E-state index contributed by atoms with van der Waals surface area (Å²) in [7, 11) is -3.73. The van der Waals surface area contributed by atoms with Crippen LogP contribution in [0.15, 0.2) is 17.0 Å². The summed E-state index contributed by atoms with van der Waals surface area (Å²) in [5, 5.41) is 5.13. The van der Waals surface area contributed by atoms with E-state index in [9.17, 15) is 8.42 Å². The molecule has 1 aromatic rings. The second-order valence-corrected chi connectivity index (χ2v) is 5.83. The number of benzene rings is 1. The van der Waals surface area contributed by atoms with Crippen LogP contribution in [-0.4, -0.2) is 14.2 Å². The predicted octanol–water partition coefficient (Wildman–Crippen LogP) is 1.54. The summed E-state index contributed by atoms with van der Waals surface area (Å²) >= 11 is 0. The van der Waals surface area contributed by atoms with Crippen LogP contribution >= 0.6 is 0 Å². The Labute approximate surface area is 101 Å². The first-order valence-electron chi connectivity index (χ1n) is 5.31. The van der Waals surface area contributed by atoms with Crippen LogP contribution in [0.25, 0.3) is 0 Å². The van der Waals surface area contributed by atoms with Crippen molar-refractivity contribution in [2.24, 2.45) is 5.14 Å². The van der Waals surface area contributed by atoms with Gasteiger partial charge in [-0.3, -0.25) is 0 Å². The zero-order valence-corrected chi connectivity index (χ0v) is 10.8. The molecule has 1 aliphatic rings. The molecular weight excluding hydrogens is 242 g/mol. The lowest BCUT2D eigenvalue weighted by Crippen LogP contribution is -2.33. The summed E-state index contributed by atoms with van der Waals surface area (Å²) < 4.78 is 34.0. The minimum atomic E-state index is -3.73. The Hall–Kier alpha value is -1.27. The summed E-state index contributed by atoms with van der Waals surface area (Å²) in [5.41, 5.74) is 0.551. The molecule has 2 N–H and O–H groups in total. The fourth-order valence-electron chi connectivity index (χ4n) is 1.74. The van der Waals surface area contributed by atoms with Gasteiger partial charge in [0.05, 0.1) is 4.90 Å². The Balaban J connectivity index is 2.52. The first kappa shape index (κ1) is 12.2. The summed E-state index contributed by atoms with van der Waals surface area (Å²) in [5.74, 6) is 0.245. The highest BCUT2D eigenvalue weighted by atomic mass is 32.2. The second-order valence-electron chi connectivity index (χ2n) is 4.30. The molecule has 0 fully saturated rings. The predicted molar refractivity (Wildman–Crippen MR) is 62.5 cm³/mol. The van der Waals surface area contributed by atoms with E-state index in [1.807, 2.05) is 6.92 Å². The van der Waals surface area contributed by atoms with Gasteiger partial charge in [0, 0.05) is 19.4 Å². The highest BCUT2D eigenvalue weighted by molar-refractivity contribution is 7.89. The molecule has 0 saturated carbocycles. The smallest absolute Gasteiger partial charge is 0.248 e. The summed E-state index contributed by atoms with van der Waals surface area (Å²) in [4.78, 5) is 0.0696. The number of ether oxygens (including phenoxy) is 2. The molecule has 6 heteroatoms. The van der Waals surface area contributed by atoms with E-state index in [0.717, 1.165) is 0 Å². The molecule has 94 valence electrons. The number of primary sulfonamides is 1. The second kappa shape index (κ2) is 3.61. The van der Waals surface area contributed by atoms with Crippen LogP contribution < -0.4 is 14.6 Å². The Kier molecular flexibility index (Phi) is 2.59. The molecule has 0 aliphatic carbocycles. The van der Waals surface area contributed by atoms with Crippen molar-refractivity contribution in [2.45, 2.75) is 37.9 Å². The lowest BCUT2D eigenvalue weighted by atomic mass is 10.2. The average Bonchev–Trinajstić information content (AvgIpc) is 2.52. The van der Waals surface area contributed by atoms with Crippen LogP contribution in [0.3, 0.4) is 0 Å². The molecule has 1 aliphatic heterocycles. The van der Waals surface area contributed by atoms with Gasteiger partial charge in [-0.05, 0) is 18.6 Å². The van der Waals surface area contributed by atoms with Crippen molar-refractivity contribution in [1.29, 1.82) is 0 Å². The third kappa shape index (κ3) is 2.10. The zero-order valence-electron chi connectivity index (χ0n) is 9.98. The molecule has 0 bridgehead atoms. The van der Waals surface area contributed by atoms with Crippen molar-refractivity contribution in [3.05, 3.63) is 17.7 Å². The Bertz CT molecular complexity index is 567. The molecule has 0 aromatic heterocycles. The van der Waals surface area contributed by atoms with Crippen LogP contribution in [0.4, 0.5) is 0 Å². The van der Waals surface area contributed by atoms with Gasteiger partial charge in [-0.2, -0.15) is 0 Å². The fraction of sp³-hybridized carbons (Fsp3) is 0.455. The van der Waals surface area contributed by atoms with Crippen LogP contribution in [0, 0.1) is 6.92 Å². The molecule has 0 amide bonds. The van der Waals surface area contributed by atoms with E-state index in [0.29, 0.717) is 23.5 Å². The van der Waals surface area contributed by atoms with Crippen LogP contribution in [-0.2, 0) is 10.0 Å². The quantitative estimate of drug-likeness (QED) is 0.871. The van der Waals surface area contributed by atoms with E-state index >= 15 is 0 Å². The Morgan fingerprint density at radius 1 is 1.29 bits per heavy atom. The third-order valence-corrected chi connectivity index (χ3v) is 3.89.